The molecule has 0 N–H and O–H groups in total. The van der Waals surface area contributed by atoms with Crippen LogP contribution in [0.25, 0.3) is 0 Å². The molecular weight excluding hydrogens is 275 g/mol. The van der Waals surface area contributed by atoms with Crippen molar-refractivity contribution in [3.63, 3.8) is 0 Å². The number of likely N-dealkylation sites (tertiary alicyclic amines) is 1. The van der Waals surface area contributed by atoms with Gasteiger partial charge in [0.25, 0.3) is 0 Å². The molecule has 3 fully saturated rings. The number of rotatable bonds is 1. The van der Waals surface area contributed by atoms with E-state index in [1.807, 2.05) is 25.7 Å². The van der Waals surface area contributed by atoms with Gasteiger partial charge < -0.3 is 14.5 Å². The van der Waals surface area contributed by atoms with Crippen molar-refractivity contribution in [1.29, 1.82) is 0 Å². The molecule has 0 spiro atoms. The Labute approximate surface area is 124 Å². The van der Waals surface area contributed by atoms with E-state index in [0.717, 1.165) is 12.8 Å². The minimum atomic E-state index is -0.958. The van der Waals surface area contributed by atoms with Crippen LogP contribution < -0.4 is 0 Å². The molecule has 2 heterocycles. The van der Waals surface area contributed by atoms with E-state index >= 15 is 0 Å². The van der Waals surface area contributed by atoms with Crippen molar-refractivity contribution in [2.75, 3.05) is 13.1 Å². The topological polar surface area (TPSA) is 49.9 Å². The second-order valence-electron chi connectivity index (χ2n) is 7.37. The molecule has 21 heavy (non-hydrogen) atoms. The van der Waals surface area contributed by atoms with Gasteiger partial charge in [-0.3, -0.25) is 4.79 Å². The van der Waals surface area contributed by atoms with Gasteiger partial charge in [0, 0.05) is 25.2 Å². The molecule has 2 bridgehead atoms. The first-order valence-electron chi connectivity index (χ1n) is 7.70. The maximum atomic E-state index is 13.1. The van der Waals surface area contributed by atoms with Crippen LogP contribution in [0.5, 0.6) is 0 Å². The molecule has 0 radical (unpaired) electrons. The molecule has 0 aromatic rings. The molecule has 2 amide bonds. The van der Waals surface area contributed by atoms with Gasteiger partial charge in [0.2, 0.25) is 5.91 Å². The van der Waals surface area contributed by atoms with Gasteiger partial charge in [0.1, 0.15) is 11.8 Å². The highest BCUT2D eigenvalue weighted by atomic mass is 19.1. The number of alkyl halides is 1. The summed E-state index contributed by atoms with van der Waals surface area (Å²) in [6.07, 6.45) is 0.866. The van der Waals surface area contributed by atoms with Crippen molar-refractivity contribution in [2.24, 2.45) is 5.92 Å². The number of ether oxygens (including phenoxy) is 1. The van der Waals surface area contributed by atoms with Crippen LogP contribution >= 0.6 is 0 Å². The summed E-state index contributed by atoms with van der Waals surface area (Å²) < 4.78 is 18.5. The number of carbonyl (C=O) groups excluding carboxylic acids is 2. The van der Waals surface area contributed by atoms with Crippen LogP contribution in [0.2, 0.25) is 0 Å². The number of piperazine rings is 1. The van der Waals surface area contributed by atoms with Crippen LogP contribution in [0, 0.1) is 5.92 Å². The van der Waals surface area contributed by atoms with Gasteiger partial charge in [0.15, 0.2) is 0 Å². The van der Waals surface area contributed by atoms with E-state index < -0.39 is 17.7 Å². The van der Waals surface area contributed by atoms with Crippen LogP contribution in [-0.2, 0) is 9.53 Å². The largest absolute Gasteiger partial charge is 0.444 e. The summed E-state index contributed by atoms with van der Waals surface area (Å²) in [5.74, 6) is -0.486. The second kappa shape index (κ2) is 4.85. The van der Waals surface area contributed by atoms with Gasteiger partial charge in [-0.1, -0.05) is 0 Å². The number of amides is 2. The van der Waals surface area contributed by atoms with Gasteiger partial charge in [-0.15, -0.1) is 0 Å². The van der Waals surface area contributed by atoms with E-state index in [0.29, 0.717) is 19.5 Å². The number of nitrogens with zero attached hydrogens (tertiary/aromatic N) is 2. The highest BCUT2D eigenvalue weighted by molar-refractivity contribution is 5.83. The minimum Gasteiger partial charge on any atom is -0.444 e. The van der Waals surface area contributed by atoms with E-state index in [1.165, 1.54) is 0 Å². The molecule has 3 rings (SSSR count). The number of carbonyl (C=O) groups is 2. The zero-order chi connectivity index (χ0) is 15.4. The summed E-state index contributed by atoms with van der Waals surface area (Å²) in [7, 11) is 0. The Hall–Kier alpha value is -1.33. The fraction of sp³-hybridized carbons (Fsp3) is 0.867. The number of hydrogen-bond donors (Lipinski definition) is 0. The Morgan fingerprint density at radius 1 is 1.14 bits per heavy atom. The summed E-state index contributed by atoms with van der Waals surface area (Å²) >= 11 is 0. The molecular formula is C15H23FN2O3. The Balaban J connectivity index is 1.64. The van der Waals surface area contributed by atoms with Crippen LogP contribution in [0.15, 0.2) is 0 Å². The zero-order valence-corrected chi connectivity index (χ0v) is 12.8. The lowest BCUT2D eigenvalue weighted by molar-refractivity contribution is -0.138. The van der Waals surface area contributed by atoms with Gasteiger partial charge in [-0.25, -0.2) is 9.18 Å². The first-order valence-corrected chi connectivity index (χ1v) is 7.70. The molecule has 2 aliphatic heterocycles. The second-order valence-corrected chi connectivity index (χ2v) is 7.37. The quantitative estimate of drug-likeness (QED) is 0.743. The standard InChI is InChI=1S/C15H23FN2O3/c1-15(2,3)21-14(20)17-7-9-4-5-10(8-17)18(9)13(19)11-6-12(11)16/h9-12H,4-8H2,1-3H3/t9?,10?,11-,12-/m1/s1. The number of halogens is 1. The highest BCUT2D eigenvalue weighted by Gasteiger charge is 2.52. The summed E-state index contributed by atoms with van der Waals surface area (Å²) in [4.78, 5) is 28.0. The molecule has 118 valence electrons. The maximum Gasteiger partial charge on any atom is 0.410 e. The average molecular weight is 298 g/mol. The van der Waals surface area contributed by atoms with Crippen molar-refractivity contribution < 1.29 is 18.7 Å². The fourth-order valence-corrected chi connectivity index (χ4v) is 3.35. The van der Waals surface area contributed by atoms with E-state index in [1.54, 1.807) is 4.90 Å². The third kappa shape index (κ3) is 2.85. The summed E-state index contributed by atoms with van der Waals surface area (Å²) in [5.41, 5.74) is -0.515. The third-order valence-electron chi connectivity index (χ3n) is 4.42. The molecule has 1 saturated carbocycles. The van der Waals surface area contributed by atoms with Crippen molar-refractivity contribution in [2.45, 2.75) is 63.9 Å². The van der Waals surface area contributed by atoms with Gasteiger partial charge >= 0.3 is 6.09 Å². The third-order valence-corrected chi connectivity index (χ3v) is 4.42. The number of fused-ring (bicyclic) bond motifs is 2. The van der Waals surface area contributed by atoms with Crippen LogP contribution in [0.1, 0.15) is 40.0 Å². The van der Waals surface area contributed by atoms with Crippen molar-refractivity contribution in [3.05, 3.63) is 0 Å². The van der Waals surface area contributed by atoms with Crippen LogP contribution in [-0.4, -0.2) is 58.7 Å². The molecule has 0 aromatic heterocycles. The SMILES string of the molecule is CC(C)(C)OC(=O)N1CC2CCC(C1)N2C(=O)[C@@H]1C[C@H]1F. The summed E-state index contributed by atoms with van der Waals surface area (Å²) in [6.45, 7) is 6.52. The lowest BCUT2D eigenvalue weighted by Crippen LogP contribution is -2.58. The molecule has 2 unspecified atom stereocenters. The first kappa shape index (κ1) is 14.6. The van der Waals surface area contributed by atoms with E-state index in [9.17, 15) is 14.0 Å². The molecule has 3 aliphatic rings. The van der Waals surface area contributed by atoms with Gasteiger partial charge in [0.05, 0.1) is 5.92 Å². The Bertz CT molecular complexity index is 448. The normalized spacial score (nSPS) is 34.9. The van der Waals surface area contributed by atoms with Crippen molar-refractivity contribution in [3.8, 4) is 0 Å². The molecule has 1 aliphatic carbocycles. The monoisotopic (exact) mass is 298 g/mol. The molecule has 2 saturated heterocycles. The zero-order valence-electron chi connectivity index (χ0n) is 12.8. The van der Waals surface area contributed by atoms with E-state index in [4.69, 9.17) is 4.74 Å². The average Bonchev–Trinajstić information content (AvgIpc) is 3.03. The van der Waals surface area contributed by atoms with Crippen LogP contribution in [0.3, 0.4) is 0 Å². The van der Waals surface area contributed by atoms with Gasteiger partial charge in [-0.2, -0.15) is 0 Å². The van der Waals surface area contributed by atoms with E-state index in [2.05, 4.69) is 0 Å². The maximum absolute atomic E-state index is 13.1. The minimum absolute atomic E-state index is 0.0246. The fourth-order valence-electron chi connectivity index (χ4n) is 3.35. The summed E-state index contributed by atoms with van der Waals surface area (Å²) in [5, 5.41) is 0. The Kier molecular flexibility index (Phi) is 3.37. The van der Waals surface area contributed by atoms with Gasteiger partial charge in [-0.05, 0) is 40.0 Å². The molecule has 5 nitrogen and oxygen atoms in total. The smallest absolute Gasteiger partial charge is 0.410 e. The highest BCUT2D eigenvalue weighted by Crippen LogP contribution is 2.40. The molecule has 6 heteroatoms. The predicted molar refractivity (Wildman–Crippen MR) is 74.5 cm³/mol. The number of hydrogen-bond acceptors (Lipinski definition) is 3. The van der Waals surface area contributed by atoms with Crippen LogP contribution in [0.4, 0.5) is 9.18 Å². The Morgan fingerprint density at radius 2 is 1.67 bits per heavy atom. The van der Waals surface area contributed by atoms with Crippen molar-refractivity contribution >= 4 is 12.0 Å². The Morgan fingerprint density at radius 3 is 2.10 bits per heavy atom. The van der Waals surface area contributed by atoms with E-state index in [-0.39, 0.29) is 24.1 Å². The predicted octanol–water partition coefficient (Wildman–Crippen LogP) is 1.95. The first-order chi connectivity index (χ1) is 9.76. The van der Waals surface area contributed by atoms with Crippen molar-refractivity contribution in [1.82, 2.24) is 9.80 Å². The summed E-state index contributed by atoms with van der Waals surface area (Å²) in [6, 6.07) is 0.0492. The molecule has 4 atom stereocenters. The lowest BCUT2D eigenvalue weighted by atomic mass is 10.1. The molecule has 0 aromatic carbocycles. The lowest BCUT2D eigenvalue weighted by Gasteiger charge is -2.41.